The van der Waals surface area contributed by atoms with E-state index in [9.17, 15) is 0 Å². The summed E-state index contributed by atoms with van der Waals surface area (Å²) < 4.78 is 0. The van der Waals surface area contributed by atoms with Crippen LogP contribution in [0, 0.1) is 13.8 Å². The molecule has 0 unspecified atom stereocenters. The molecule has 100 valence electrons. The van der Waals surface area contributed by atoms with Gasteiger partial charge in [-0.15, -0.1) is 0 Å². The fourth-order valence-electron chi connectivity index (χ4n) is 1.73. The minimum atomic E-state index is 0.0732. The SMILES string of the molecule is Cc1cccc(Nc2cc(NCCO)ncn2)c1C. The van der Waals surface area contributed by atoms with E-state index in [1.807, 2.05) is 18.2 Å². The van der Waals surface area contributed by atoms with Crippen LogP contribution >= 0.6 is 0 Å². The van der Waals surface area contributed by atoms with Crippen molar-refractivity contribution in [2.24, 2.45) is 0 Å². The molecule has 0 aliphatic carbocycles. The maximum Gasteiger partial charge on any atom is 0.135 e. The minimum absolute atomic E-state index is 0.0732. The summed E-state index contributed by atoms with van der Waals surface area (Å²) in [6.45, 7) is 4.70. The molecule has 0 bridgehead atoms. The number of benzene rings is 1. The van der Waals surface area contributed by atoms with Crippen molar-refractivity contribution in [1.29, 1.82) is 0 Å². The summed E-state index contributed by atoms with van der Waals surface area (Å²) in [7, 11) is 0. The van der Waals surface area contributed by atoms with Crippen molar-refractivity contribution in [2.75, 3.05) is 23.8 Å². The van der Waals surface area contributed by atoms with Gasteiger partial charge in [0.05, 0.1) is 6.61 Å². The zero-order chi connectivity index (χ0) is 13.7. The van der Waals surface area contributed by atoms with E-state index in [0.717, 1.165) is 11.5 Å². The van der Waals surface area contributed by atoms with Gasteiger partial charge in [0.1, 0.15) is 18.0 Å². The molecule has 2 aromatic rings. The summed E-state index contributed by atoms with van der Waals surface area (Å²) >= 11 is 0. The Morgan fingerprint density at radius 2 is 1.95 bits per heavy atom. The van der Waals surface area contributed by atoms with Crippen LogP contribution in [0.3, 0.4) is 0 Å². The Morgan fingerprint density at radius 1 is 1.16 bits per heavy atom. The molecule has 5 nitrogen and oxygen atoms in total. The van der Waals surface area contributed by atoms with E-state index in [4.69, 9.17) is 5.11 Å². The molecular formula is C14H18N4O. The van der Waals surface area contributed by atoms with Crippen LogP contribution in [0.1, 0.15) is 11.1 Å². The van der Waals surface area contributed by atoms with E-state index < -0.39 is 0 Å². The lowest BCUT2D eigenvalue weighted by Crippen LogP contribution is -2.07. The first-order chi connectivity index (χ1) is 9.20. The molecule has 0 saturated heterocycles. The average Bonchev–Trinajstić information content (AvgIpc) is 2.42. The predicted molar refractivity (Wildman–Crippen MR) is 76.8 cm³/mol. The normalized spacial score (nSPS) is 10.3. The molecule has 0 fully saturated rings. The first-order valence-electron chi connectivity index (χ1n) is 6.20. The van der Waals surface area contributed by atoms with Gasteiger partial charge in [0.15, 0.2) is 0 Å². The zero-order valence-corrected chi connectivity index (χ0v) is 11.1. The van der Waals surface area contributed by atoms with Crippen LogP contribution in [0.5, 0.6) is 0 Å². The molecule has 0 atom stereocenters. The minimum Gasteiger partial charge on any atom is -0.395 e. The number of hydrogen-bond acceptors (Lipinski definition) is 5. The number of aliphatic hydroxyl groups excluding tert-OH is 1. The van der Waals surface area contributed by atoms with Gasteiger partial charge < -0.3 is 15.7 Å². The highest BCUT2D eigenvalue weighted by Gasteiger charge is 2.03. The van der Waals surface area contributed by atoms with Gasteiger partial charge in [-0.1, -0.05) is 12.1 Å². The zero-order valence-electron chi connectivity index (χ0n) is 11.1. The second-order valence-electron chi connectivity index (χ2n) is 4.31. The van der Waals surface area contributed by atoms with Gasteiger partial charge in [0.25, 0.3) is 0 Å². The summed E-state index contributed by atoms with van der Waals surface area (Å²) in [5.74, 6) is 1.42. The lowest BCUT2D eigenvalue weighted by Gasteiger charge is -2.11. The highest BCUT2D eigenvalue weighted by Crippen LogP contribution is 2.22. The van der Waals surface area contributed by atoms with E-state index in [-0.39, 0.29) is 6.61 Å². The Bertz CT molecular complexity index is 557. The molecule has 1 aromatic carbocycles. The third kappa shape index (κ3) is 3.42. The fraction of sp³-hybridized carbons (Fsp3) is 0.286. The first-order valence-corrected chi connectivity index (χ1v) is 6.20. The number of nitrogens with zero attached hydrogens (tertiary/aromatic N) is 2. The molecule has 0 amide bonds. The molecule has 0 radical (unpaired) electrons. The van der Waals surface area contributed by atoms with Crippen LogP contribution in [0.2, 0.25) is 0 Å². The lowest BCUT2D eigenvalue weighted by atomic mass is 10.1. The maximum atomic E-state index is 8.78. The third-order valence-corrected chi connectivity index (χ3v) is 2.95. The summed E-state index contributed by atoms with van der Waals surface area (Å²) in [6, 6.07) is 7.92. The Hall–Kier alpha value is -2.14. The first kappa shape index (κ1) is 13.3. The number of aromatic nitrogens is 2. The van der Waals surface area contributed by atoms with E-state index >= 15 is 0 Å². The molecule has 0 spiro atoms. The Morgan fingerprint density at radius 3 is 2.74 bits per heavy atom. The van der Waals surface area contributed by atoms with Crippen LogP contribution in [0.4, 0.5) is 17.3 Å². The van der Waals surface area contributed by atoms with Crippen molar-refractivity contribution in [2.45, 2.75) is 13.8 Å². The van der Waals surface area contributed by atoms with Crippen LogP contribution in [0.15, 0.2) is 30.6 Å². The van der Waals surface area contributed by atoms with Crippen LogP contribution in [0.25, 0.3) is 0 Å². The molecular weight excluding hydrogens is 240 g/mol. The van der Waals surface area contributed by atoms with Gasteiger partial charge >= 0.3 is 0 Å². The molecule has 0 aliphatic rings. The molecule has 1 heterocycles. The number of rotatable bonds is 5. The number of anilines is 3. The third-order valence-electron chi connectivity index (χ3n) is 2.95. The van der Waals surface area contributed by atoms with Crippen molar-refractivity contribution in [3.8, 4) is 0 Å². The van der Waals surface area contributed by atoms with E-state index in [0.29, 0.717) is 12.4 Å². The number of hydrogen-bond donors (Lipinski definition) is 3. The molecule has 0 saturated carbocycles. The molecule has 5 heteroatoms. The van der Waals surface area contributed by atoms with Gasteiger partial charge in [-0.05, 0) is 31.0 Å². The van der Waals surface area contributed by atoms with E-state index in [1.165, 1.54) is 17.5 Å². The van der Waals surface area contributed by atoms with Crippen molar-refractivity contribution >= 4 is 17.3 Å². The van der Waals surface area contributed by atoms with Crippen molar-refractivity contribution in [3.05, 3.63) is 41.7 Å². The number of aliphatic hydroxyl groups is 1. The van der Waals surface area contributed by atoms with Gasteiger partial charge in [-0.2, -0.15) is 0 Å². The van der Waals surface area contributed by atoms with Gasteiger partial charge in [0, 0.05) is 18.3 Å². The maximum absolute atomic E-state index is 8.78. The topological polar surface area (TPSA) is 70.1 Å². The van der Waals surface area contributed by atoms with E-state index in [1.54, 1.807) is 0 Å². The largest absolute Gasteiger partial charge is 0.395 e. The quantitative estimate of drug-likeness (QED) is 0.767. The van der Waals surface area contributed by atoms with Gasteiger partial charge in [0.2, 0.25) is 0 Å². The smallest absolute Gasteiger partial charge is 0.135 e. The van der Waals surface area contributed by atoms with Crippen LogP contribution in [-0.2, 0) is 0 Å². The molecule has 3 N–H and O–H groups in total. The Labute approximate surface area is 112 Å². The summed E-state index contributed by atoms with van der Waals surface area (Å²) in [4.78, 5) is 8.27. The number of nitrogens with one attached hydrogen (secondary N) is 2. The lowest BCUT2D eigenvalue weighted by molar-refractivity contribution is 0.311. The second kappa shape index (κ2) is 6.15. The second-order valence-corrected chi connectivity index (χ2v) is 4.31. The standard InChI is InChI=1S/C14H18N4O/c1-10-4-3-5-12(11(10)2)18-14-8-13(15-6-7-19)16-9-17-14/h3-5,8-9,19H,6-7H2,1-2H3,(H2,15,16,17,18). The monoisotopic (exact) mass is 258 g/mol. The molecule has 1 aromatic heterocycles. The van der Waals surface area contributed by atoms with E-state index in [2.05, 4.69) is 40.5 Å². The molecule has 0 aliphatic heterocycles. The summed E-state index contributed by atoms with van der Waals surface area (Å²) in [5, 5.41) is 15.1. The summed E-state index contributed by atoms with van der Waals surface area (Å²) in [6.07, 6.45) is 1.49. The highest BCUT2D eigenvalue weighted by atomic mass is 16.3. The van der Waals surface area contributed by atoms with Crippen LogP contribution < -0.4 is 10.6 Å². The van der Waals surface area contributed by atoms with Gasteiger partial charge in [-0.3, -0.25) is 0 Å². The highest BCUT2D eigenvalue weighted by molar-refractivity contribution is 5.63. The number of aryl methyl sites for hydroxylation is 1. The predicted octanol–water partition coefficient (Wildman–Crippen LogP) is 2.24. The van der Waals surface area contributed by atoms with Crippen LogP contribution in [-0.4, -0.2) is 28.2 Å². The average molecular weight is 258 g/mol. The fourth-order valence-corrected chi connectivity index (χ4v) is 1.73. The molecule has 19 heavy (non-hydrogen) atoms. The summed E-state index contributed by atoms with van der Waals surface area (Å²) in [5.41, 5.74) is 3.47. The Kier molecular flexibility index (Phi) is 4.30. The molecule has 2 rings (SSSR count). The Balaban J connectivity index is 2.16. The van der Waals surface area contributed by atoms with Gasteiger partial charge in [-0.25, -0.2) is 9.97 Å². The van der Waals surface area contributed by atoms with Crippen molar-refractivity contribution in [3.63, 3.8) is 0 Å². The van der Waals surface area contributed by atoms with Crippen molar-refractivity contribution < 1.29 is 5.11 Å². The van der Waals surface area contributed by atoms with Crippen molar-refractivity contribution in [1.82, 2.24) is 9.97 Å².